The van der Waals surface area contributed by atoms with Crippen LogP contribution in [0, 0.1) is 0 Å². The van der Waals surface area contributed by atoms with E-state index in [-0.39, 0.29) is 6.61 Å². The molecule has 4 heteroatoms. The maximum absolute atomic E-state index is 11.3. The first-order valence-electron chi connectivity index (χ1n) is 4.45. The number of amides is 1. The van der Waals surface area contributed by atoms with E-state index < -0.39 is 12.2 Å². The standard InChI is InChI=1S/C10H11NO3/c12-9-6-11(10(13)14-7-9)8-4-2-1-3-5-8/h1-5,9,12H,6-7H2/t9-/m1/s1. The van der Waals surface area contributed by atoms with Gasteiger partial charge < -0.3 is 9.84 Å². The molecule has 0 spiro atoms. The number of anilines is 1. The number of hydrogen-bond donors (Lipinski definition) is 1. The first-order chi connectivity index (χ1) is 6.77. The van der Waals surface area contributed by atoms with Gasteiger partial charge in [0.1, 0.15) is 12.7 Å². The zero-order valence-corrected chi connectivity index (χ0v) is 7.59. The van der Waals surface area contributed by atoms with Crippen molar-refractivity contribution >= 4 is 11.8 Å². The predicted octanol–water partition coefficient (Wildman–Crippen LogP) is 1.00. The third kappa shape index (κ3) is 1.70. The number of para-hydroxylation sites is 1. The Balaban J connectivity index is 2.20. The Hall–Kier alpha value is -1.55. The number of cyclic esters (lactones) is 1. The van der Waals surface area contributed by atoms with Crippen molar-refractivity contribution in [2.75, 3.05) is 18.1 Å². The Labute approximate surface area is 81.7 Å². The number of aliphatic hydroxyl groups is 1. The highest BCUT2D eigenvalue weighted by Crippen LogP contribution is 2.17. The lowest BCUT2D eigenvalue weighted by Crippen LogP contribution is -2.45. The third-order valence-electron chi connectivity index (χ3n) is 2.08. The molecule has 1 aliphatic heterocycles. The van der Waals surface area contributed by atoms with Crippen molar-refractivity contribution in [3.8, 4) is 0 Å². The summed E-state index contributed by atoms with van der Waals surface area (Å²) in [5, 5.41) is 9.34. The van der Waals surface area contributed by atoms with Crippen molar-refractivity contribution in [2.24, 2.45) is 0 Å². The Morgan fingerprint density at radius 3 is 2.79 bits per heavy atom. The van der Waals surface area contributed by atoms with Gasteiger partial charge in [-0.05, 0) is 12.1 Å². The number of nitrogens with zero attached hydrogens (tertiary/aromatic N) is 1. The second kappa shape index (κ2) is 3.67. The van der Waals surface area contributed by atoms with Crippen LogP contribution in [0.1, 0.15) is 0 Å². The van der Waals surface area contributed by atoms with Crippen molar-refractivity contribution in [1.29, 1.82) is 0 Å². The number of β-amino-alcohol motifs (C(OH)–C–C–N with tert-alkyl or cyclic N) is 1. The molecule has 14 heavy (non-hydrogen) atoms. The highest BCUT2D eigenvalue weighted by atomic mass is 16.6. The van der Waals surface area contributed by atoms with Gasteiger partial charge in [0.15, 0.2) is 0 Å². The molecule has 4 nitrogen and oxygen atoms in total. The zero-order chi connectivity index (χ0) is 9.97. The van der Waals surface area contributed by atoms with Gasteiger partial charge in [-0.1, -0.05) is 18.2 Å². The number of carbonyl (C=O) groups excluding carboxylic acids is 1. The van der Waals surface area contributed by atoms with Crippen LogP contribution in [0.15, 0.2) is 30.3 Å². The van der Waals surface area contributed by atoms with Gasteiger partial charge in [-0.25, -0.2) is 4.79 Å². The normalized spacial score (nSPS) is 21.9. The highest BCUT2D eigenvalue weighted by molar-refractivity contribution is 5.88. The number of aliphatic hydroxyl groups excluding tert-OH is 1. The Morgan fingerprint density at radius 2 is 2.07 bits per heavy atom. The van der Waals surface area contributed by atoms with E-state index in [4.69, 9.17) is 4.74 Å². The van der Waals surface area contributed by atoms with Gasteiger partial charge in [-0.3, -0.25) is 4.90 Å². The molecule has 0 bridgehead atoms. The Bertz CT molecular complexity index is 325. The van der Waals surface area contributed by atoms with Crippen molar-refractivity contribution in [2.45, 2.75) is 6.10 Å². The molecule has 1 aliphatic rings. The molecule has 74 valence electrons. The summed E-state index contributed by atoms with van der Waals surface area (Å²) in [7, 11) is 0. The minimum absolute atomic E-state index is 0.0855. The lowest BCUT2D eigenvalue weighted by molar-refractivity contribution is 0.0541. The lowest BCUT2D eigenvalue weighted by atomic mass is 10.2. The maximum Gasteiger partial charge on any atom is 0.414 e. The van der Waals surface area contributed by atoms with Gasteiger partial charge in [-0.2, -0.15) is 0 Å². The minimum atomic E-state index is -0.604. The van der Waals surface area contributed by atoms with E-state index in [0.29, 0.717) is 6.54 Å². The second-order valence-corrected chi connectivity index (χ2v) is 3.18. The van der Waals surface area contributed by atoms with Crippen LogP contribution in [-0.2, 0) is 4.74 Å². The van der Waals surface area contributed by atoms with E-state index in [1.807, 2.05) is 18.2 Å². The third-order valence-corrected chi connectivity index (χ3v) is 2.08. The zero-order valence-electron chi connectivity index (χ0n) is 7.59. The van der Waals surface area contributed by atoms with Crippen molar-refractivity contribution < 1.29 is 14.6 Å². The van der Waals surface area contributed by atoms with Gasteiger partial charge in [0.05, 0.1) is 6.54 Å². The molecule has 1 saturated heterocycles. The van der Waals surface area contributed by atoms with Gasteiger partial charge in [0, 0.05) is 5.69 Å². The Kier molecular flexibility index (Phi) is 2.37. The average Bonchev–Trinajstić information content (AvgIpc) is 2.23. The molecule has 1 aromatic carbocycles. The van der Waals surface area contributed by atoms with Gasteiger partial charge in [0.25, 0.3) is 0 Å². The molecule has 1 fully saturated rings. The second-order valence-electron chi connectivity index (χ2n) is 3.18. The molecule has 2 rings (SSSR count). The molecule has 0 radical (unpaired) electrons. The monoisotopic (exact) mass is 193 g/mol. The van der Waals surface area contributed by atoms with Crippen molar-refractivity contribution in [1.82, 2.24) is 0 Å². The van der Waals surface area contributed by atoms with Crippen LogP contribution in [0.5, 0.6) is 0 Å². The molecular weight excluding hydrogens is 182 g/mol. The molecule has 0 saturated carbocycles. The molecule has 0 aromatic heterocycles. The summed E-state index contributed by atoms with van der Waals surface area (Å²) in [6, 6.07) is 9.15. The summed E-state index contributed by atoms with van der Waals surface area (Å²) in [5.74, 6) is 0. The summed E-state index contributed by atoms with van der Waals surface area (Å²) in [6.07, 6.45) is -1.01. The molecule has 1 atom stereocenters. The van der Waals surface area contributed by atoms with E-state index in [1.165, 1.54) is 4.90 Å². The average molecular weight is 193 g/mol. The largest absolute Gasteiger partial charge is 0.446 e. The molecule has 1 amide bonds. The predicted molar refractivity (Wildman–Crippen MR) is 51.1 cm³/mol. The van der Waals surface area contributed by atoms with Crippen molar-refractivity contribution in [3.63, 3.8) is 0 Å². The van der Waals surface area contributed by atoms with E-state index in [0.717, 1.165) is 5.69 Å². The van der Waals surface area contributed by atoms with Crippen LogP contribution < -0.4 is 4.90 Å². The summed E-state index contributed by atoms with van der Waals surface area (Å²) >= 11 is 0. The van der Waals surface area contributed by atoms with Crippen LogP contribution in [-0.4, -0.2) is 30.5 Å². The van der Waals surface area contributed by atoms with E-state index in [9.17, 15) is 9.90 Å². The highest BCUT2D eigenvalue weighted by Gasteiger charge is 2.26. The van der Waals surface area contributed by atoms with Crippen LogP contribution in [0.25, 0.3) is 0 Å². The fourth-order valence-electron chi connectivity index (χ4n) is 1.40. The SMILES string of the molecule is O=C1OC[C@H](O)CN1c1ccccc1. The van der Waals surface area contributed by atoms with Gasteiger partial charge >= 0.3 is 6.09 Å². The van der Waals surface area contributed by atoms with Crippen LogP contribution in [0.2, 0.25) is 0 Å². The molecule has 0 aliphatic carbocycles. The van der Waals surface area contributed by atoms with Crippen LogP contribution in [0.4, 0.5) is 10.5 Å². The van der Waals surface area contributed by atoms with Gasteiger partial charge in [-0.15, -0.1) is 0 Å². The number of carbonyl (C=O) groups is 1. The summed E-state index contributed by atoms with van der Waals surface area (Å²) < 4.78 is 4.79. The van der Waals surface area contributed by atoms with Crippen molar-refractivity contribution in [3.05, 3.63) is 30.3 Å². The summed E-state index contributed by atoms with van der Waals surface area (Å²) in [4.78, 5) is 12.8. The minimum Gasteiger partial charge on any atom is -0.446 e. The first kappa shape index (κ1) is 9.02. The van der Waals surface area contributed by atoms with E-state index >= 15 is 0 Å². The lowest BCUT2D eigenvalue weighted by Gasteiger charge is -2.29. The summed E-state index contributed by atoms with van der Waals surface area (Å²) in [5.41, 5.74) is 0.747. The molecule has 1 N–H and O–H groups in total. The number of rotatable bonds is 1. The first-order valence-corrected chi connectivity index (χ1v) is 4.45. The quantitative estimate of drug-likeness (QED) is 0.724. The van der Waals surface area contributed by atoms with E-state index in [1.54, 1.807) is 12.1 Å². The van der Waals surface area contributed by atoms with Crippen LogP contribution >= 0.6 is 0 Å². The maximum atomic E-state index is 11.3. The van der Waals surface area contributed by atoms with E-state index in [2.05, 4.69) is 0 Å². The molecule has 0 unspecified atom stereocenters. The Morgan fingerprint density at radius 1 is 1.36 bits per heavy atom. The number of benzene rings is 1. The molecule has 1 aromatic rings. The molecular formula is C10H11NO3. The van der Waals surface area contributed by atoms with Crippen LogP contribution in [0.3, 0.4) is 0 Å². The summed E-state index contributed by atoms with van der Waals surface area (Å²) in [6.45, 7) is 0.380. The fourth-order valence-corrected chi connectivity index (χ4v) is 1.40. The fraction of sp³-hybridized carbons (Fsp3) is 0.300. The number of ether oxygens (including phenoxy) is 1. The molecule has 1 heterocycles. The topological polar surface area (TPSA) is 49.8 Å². The van der Waals surface area contributed by atoms with Gasteiger partial charge in [0.2, 0.25) is 0 Å². The number of hydrogen-bond acceptors (Lipinski definition) is 3. The smallest absolute Gasteiger partial charge is 0.414 e.